The van der Waals surface area contributed by atoms with Gasteiger partial charge in [-0.05, 0) is 19.4 Å². The highest BCUT2D eigenvalue weighted by atomic mass is 79.9. The summed E-state index contributed by atoms with van der Waals surface area (Å²) in [6, 6.07) is 10.0. The van der Waals surface area contributed by atoms with Crippen LogP contribution in [0, 0.1) is 13.8 Å². The maximum atomic E-state index is 12.3. The van der Waals surface area contributed by atoms with Crippen molar-refractivity contribution < 1.29 is 4.79 Å². The molecule has 0 aliphatic carbocycles. The van der Waals surface area contributed by atoms with Crippen molar-refractivity contribution in [2.75, 3.05) is 6.54 Å². The lowest BCUT2D eigenvalue weighted by Crippen LogP contribution is -2.27. The van der Waals surface area contributed by atoms with E-state index in [-0.39, 0.29) is 10.7 Å². The third kappa shape index (κ3) is 3.10. The van der Waals surface area contributed by atoms with Gasteiger partial charge in [0.25, 0.3) is 5.91 Å². The highest BCUT2D eigenvalue weighted by Gasteiger charge is 2.18. The molecule has 0 aliphatic heterocycles. The van der Waals surface area contributed by atoms with Gasteiger partial charge in [0.15, 0.2) is 0 Å². The lowest BCUT2D eigenvalue weighted by molar-refractivity contribution is 0.0952. The Kier molecular flexibility index (Phi) is 4.60. The molecule has 1 atom stereocenters. The molecule has 1 aromatic heterocycles. The number of aryl methyl sites for hydroxylation is 2. The van der Waals surface area contributed by atoms with Crippen LogP contribution in [0.25, 0.3) is 0 Å². The standard InChI is InChI=1S/C15H18BrN3O/c1-10-14(11(2)19(3)18-10)15(20)17-9-13(16)12-7-5-4-6-8-12/h4-8,13H,9H2,1-3H3,(H,17,20). The number of halogens is 1. The zero-order valence-corrected chi connectivity index (χ0v) is 13.4. The molecular weight excluding hydrogens is 318 g/mol. The predicted octanol–water partition coefficient (Wildman–Crippen LogP) is 2.90. The minimum Gasteiger partial charge on any atom is -0.350 e. The van der Waals surface area contributed by atoms with Gasteiger partial charge in [0, 0.05) is 19.3 Å². The molecule has 0 radical (unpaired) electrons. The molecule has 106 valence electrons. The molecule has 0 saturated heterocycles. The third-order valence-electron chi connectivity index (χ3n) is 3.34. The fourth-order valence-corrected chi connectivity index (χ4v) is 2.62. The zero-order chi connectivity index (χ0) is 14.7. The lowest BCUT2D eigenvalue weighted by atomic mass is 10.1. The Hall–Kier alpha value is -1.62. The van der Waals surface area contributed by atoms with E-state index in [1.165, 1.54) is 0 Å². The average Bonchev–Trinajstić information content (AvgIpc) is 2.70. The first-order valence-corrected chi connectivity index (χ1v) is 7.39. The fourth-order valence-electron chi connectivity index (χ4n) is 2.15. The number of nitrogens with zero attached hydrogens (tertiary/aromatic N) is 2. The number of nitrogens with one attached hydrogen (secondary N) is 1. The summed E-state index contributed by atoms with van der Waals surface area (Å²) in [7, 11) is 1.84. The number of benzene rings is 1. The number of hydrogen-bond donors (Lipinski definition) is 1. The SMILES string of the molecule is Cc1nn(C)c(C)c1C(=O)NCC(Br)c1ccccc1. The minimum absolute atomic E-state index is 0.0755. The first-order chi connectivity index (χ1) is 9.50. The van der Waals surface area contributed by atoms with Crippen molar-refractivity contribution >= 4 is 21.8 Å². The van der Waals surface area contributed by atoms with Crippen LogP contribution in [-0.2, 0) is 7.05 Å². The first kappa shape index (κ1) is 14.8. The monoisotopic (exact) mass is 335 g/mol. The number of rotatable bonds is 4. The molecule has 4 nitrogen and oxygen atoms in total. The van der Waals surface area contributed by atoms with Crippen molar-refractivity contribution in [1.29, 1.82) is 0 Å². The van der Waals surface area contributed by atoms with E-state index in [9.17, 15) is 4.79 Å². The Balaban J connectivity index is 2.02. The van der Waals surface area contributed by atoms with Gasteiger partial charge in [-0.2, -0.15) is 5.10 Å². The molecule has 1 unspecified atom stereocenters. The van der Waals surface area contributed by atoms with Gasteiger partial charge in [0.05, 0.1) is 16.1 Å². The van der Waals surface area contributed by atoms with E-state index in [0.717, 1.165) is 17.0 Å². The summed E-state index contributed by atoms with van der Waals surface area (Å²) in [6.07, 6.45) is 0. The maximum Gasteiger partial charge on any atom is 0.255 e. The van der Waals surface area contributed by atoms with E-state index in [2.05, 4.69) is 26.3 Å². The topological polar surface area (TPSA) is 46.9 Å². The summed E-state index contributed by atoms with van der Waals surface area (Å²) < 4.78 is 1.73. The molecular formula is C15H18BrN3O. The van der Waals surface area contributed by atoms with Crippen LogP contribution in [0.1, 0.15) is 32.1 Å². The zero-order valence-electron chi connectivity index (χ0n) is 11.9. The molecule has 0 fully saturated rings. The molecule has 2 rings (SSSR count). The largest absolute Gasteiger partial charge is 0.350 e. The molecule has 0 saturated carbocycles. The summed E-state index contributed by atoms with van der Waals surface area (Å²) in [4.78, 5) is 12.4. The van der Waals surface area contributed by atoms with Crippen LogP contribution in [0.3, 0.4) is 0 Å². The Morgan fingerprint density at radius 1 is 1.35 bits per heavy atom. The van der Waals surface area contributed by atoms with Crippen molar-refractivity contribution in [3.05, 3.63) is 52.8 Å². The molecule has 1 amide bonds. The molecule has 0 bridgehead atoms. The van der Waals surface area contributed by atoms with Crippen LogP contribution in [0.4, 0.5) is 0 Å². The summed E-state index contributed by atoms with van der Waals surface area (Å²) in [6.45, 7) is 4.29. The van der Waals surface area contributed by atoms with Crippen molar-refractivity contribution in [2.24, 2.45) is 7.05 Å². The molecule has 0 aliphatic rings. The predicted molar refractivity (Wildman–Crippen MR) is 83.1 cm³/mol. The van der Waals surface area contributed by atoms with Crippen LogP contribution in [0.5, 0.6) is 0 Å². The second kappa shape index (κ2) is 6.22. The number of aromatic nitrogens is 2. The fraction of sp³-hybridized carbons (Fsp3) is 0.333. The van der Waals surface area contributed by atoms with Gasteiger partial charge in [-0.15, -0.1) is 0 Å². The highest BCUT2D eigenvalue weighted by Crippen LogP contribution is 2.21. The van der Waals surface area contributed by atoms with Gasteiger partial charge in [-0.3, -0.25) is 9.48 Å². The molecule has 0 spiro atoms. The van der Waals surface area contributed by atoms with Gasteiger partial charge in [0.1, 0.15) is 0 Å². The van der Waals surface area contributed by atoms with Gasteiger partial charge < -0.3 is 5.32 Å². The molecule has 5 heteroatoms. The summed E-state index contributed by atoms with van der Waals surface area (Å²) in [5.41, 5.74) is 3.45. The summed E-state index contributed by atoms with van der Waals surface area (Å²) in [5, 5.41) is 7.21. The second-order valence-corrected chi connectivity index (χ2v) is 5.86. The highest BCUT2D eigenvalue weighted by molar-refractivity contribution is 9.09. The number of alkyl halides is 1. The van der Waals surface area contributed by atoms with Gasteiger partial charge in [-0.1, -0.05) is 46.3 Å². The van der Waals surface area contributed by atoms with E-state index in [4.69, 9.17) is 0 Å². The van der Waals surface area contributed by atoms with Crippen molar-refractivity contribution in [3.8, 4) is 0 Å². The molecule has 20 heavy (non-hydrogen) atoms. The van der Waals surface area contributed by atoms with Crippen LogP contribution < -0.4 is 5.32 Å². The smallest absolute Gasteiger partial charge is 0.255 e. The normalized spacial score (nSPS) is 12.2. The van der Waals surface area contributed by atoms with E-state index in [1.54, 1.807) is 4.68 Å². The van der Waals surface area contributed by atoms with Crippen LogP contribution in [0.15, 0.2) is 30.3 Å². The number of carbonyl (C=O) groups is 1. The van der Waals surface area contributed by atoms with Gasteiger partial charge in [0.2, 0.25) is 0 Å². The minimum atomic E-state index is -0.0755. The first-order valence-electron chi connectivity index (χ1n) is 6.48. The van der Waals surface area contributed by atoms with Crippen LogP contribution >= 0.6 is 15.9 Å². The Morgan fingerprint density at radius 2 is 2.00 bits per heavy atom. The van der Waals surface area contributed by atoms with Crippen LogP contribution in [-0.4, -0.2) is 22.2 Å². The molecule has 1 N–H and O–H groups in total. The molecule has 1 heterocycles. The van der Waals surface area contributed by atoms with E-state index in [0.29, 0.717) is 12.1 Å². The van der Waals surface area contributed by atoms with Gasteiger partial charge >= 0.3 is 0 Å². The van der Waals surface area contributed by atoms with Crippen molar-refractivity contribution in [3.63, 3.8) is 0 Å². The second-order valence-electron chi connectivity index (χ2n) is 4.76. The third-order valence-corrected chi connectivity index (χ3v) is 4.19. The quantitative estimate of drug-likeness (QED) is 0.873. The number of amides is 1. The van der Waals surface area contributed by atoms with Crippen LogP contribution in [0.2, 0.25) is 0 Å². The van der Waals surface area contributed by atoms with E-state index in [1.807, 2.05) is 51.2 Å². The lowest BCUT2D eigenvalue weighted by Gasteiger charge is -2.11. The van der Waals surface area contributed by atoms with Gasteiger partial charge in [-0.25, -0.2) is 0 Å². The maximum absolute atomic E-state index is 12.3. The van der Waals surface area contributed by atoms with E-state index >= 15 is 0 Å². The van der Waals surface area contributed by atoms with E-state index < -0.39 is 0 Å². The van der Waals surface area contributed by atoms with Crippen molar-refractivity contribution in [2.45, 2.75) is 18.7 Å². The Morgan fingerprint density at radius 3 is 2.55 bits per heavy atom. The summed E-state index contributed by atoms with van der Waals surface area (Å²) in [5.74, 6) is -0.0755. The molecule has 2 aromatic rings. The average molecular weight is 336 g/mol. The number of hydrogen-bond acceptors (Lipinski definition) is 2. The number of carbonyl (C=O) groups excluding carboxylic acids is 1. The molecule has 1 aromatic carbocycles. The summed E-state index contributed by atoms with van der Waals surface area (Å²) >= 11 is 3.59. The Labute approximate surface area is 127 Å². The Bertz CT molecular complexity index is 607. The van der Waals surface area contributed by atoms with Crippen molar-refractivity contribution in [1.82, 2.24) is 15.1 Å².